The summed E-state index contributed by atoms with van der Waals surface area (Å²) in [5, 5.41) is 8.86. The molecule has 0 saturated carbocycles. The van der Waals surface area contributed by atoms with Crippen LogP contribution in [0.15, 0.2) is 15.8 Å². The number of carboxylic acid groups (broad SMARTS) is 1. The second-order valence-electron chi connectivity index (χ2n) is 4.46. The Morgan fingerprint density at radius 3 is 2.55 bits per heavy atom. The van der Waals surface area contributed by atoms with Gasteiger partial charge in [0, 0.05) is 19.3 Å². The maximum Gasteiger partial charge on any atom is 0.328 e. The van der Waals surface area contributed by atoms with Gasteiger partial charge >= 0.3 is 11.7 Å². The standard InChI is InChI=1S/C12H17N3O5/c1-4-7(2)15(6-9(16)17)11(19)8-5-13-12(20)14(3)10(8)18/h5,7H,4,6H2,1-3H3,(H,13,20)(H,16,17). The Labute approximate surface area is 114 Å². The van der Waals surface area contributed by atoms with Crippen molar-refractivity contribution in [2.45, 2.75) is 26.3 Å². The van der Waals surface area contributed by atoms with E-state index in [1.165, 1.54) is 7.05 Å². The molecule has 2 N–H and O–H groups in total. The number of carbonyl (C=O) groups is 2. The van der Waals surface area contributed by atoms with Crippen LogP contribution < -0.4 is 11.2 Å². The zero-order chi connectivity index (χ0) is 15.4. The van der Waals surface area contributed by atoms with Gasteiger partial charge in [-0.25, -0.2) is 4.79 Å². The summed E-state index contributed by atoms with van der Waals surface area (Å²) in [7, 11) is 1.24. The van der Waals surface area contributed by atoms with Gasteiger partial charge in [0.25, 0.3) is 11.5 Å². The number of nitrogens with zero attached hydrogens (tertiary/aromatic N) is 2. The molecular weight excluding hydrogens is 266 g/mol. The van der Waals surface area contributed by atoms with Crippen LogP contribution in [0.4, 0.5) is 0 Å². The minimum absolute atomic E-state index is 0.256. The number of aromatic nitrogens is 2. The van der Waals surface area contributed by atoms with Gasteiger partial charge in [-0.05, 0) is 13.3 Å². The smallest absolute Gasteiger partial charge is 0.328 e. The molecule has 0 aliphatic rings. The minimum atomic E-state index is -1.17. The third kappa shape index (κ3) is 3.14. The molecule has 0 bridgehead atoms. The van der Waals surface area contributed by atoms with Crippen LogP contribution in [0.5, 0.6) is 0 Å². The highest BCUT2D eigenvalue weighted by Crippen LogP contribution is 2.07. The lowest BCUT2D eigenvalue weighted by Crippen LogP contribution is -2.45. The van der Waals surface area contributed by atoms with Crippen molar-refractivity contribution in [1.29, 1.82) is 0 Å². The van der Waals surface area contributed by atoms with Crippen molar-refractivity contribution in [3.05, 3.63) is 32.6 Å². The van der Waals surface area contributed by atoms with Gasteiger partial charge in [0.1, 0.15) is 12.1 Å². The lowest BCUT2D eigenvalue weighted by molar-refractivity contribution is -0.138. The van der Waals surface area contributed by atoms with E-state index in [1.54, 1.807) is 13.8 Å². The highest BCUT2D eigenvalue weighted by Gasteiger charge is 2.25. The van der Waals surface area contributed by atoms with Crippen LogP contribution in [0.3, 0.4) is 0 Å². The molecule has 0 aliphatic heterocycles. The van der Waals surface area contributed by atoms with E-state index in [4.69, 9.17) is 5.11 Å². The van der Waals surface area contributed by atoms with Crippen LogP contribution >= 0.6 is 0 Å². The number of hydrogen-bond donors (Lipinski definition) is 2. The molecule has 0 spiro atoms. The molecule has 1 atom stereocenters. The van der Waals surface area contributed by atoms with E-state index in [0.717, 1.165) is 15.7 Å². The molecule has 1 unspecified atom stereocenters. The number of H-pyrrole nitrogens is 1. The zero-order valence-electron chi connectivity index (χ0n) is 11.5. The van der Waals surface area contributed by atoms with Crippen molar-refractivity contribution >= 4 is 11.9 Å². The van der Waals surface area contributed by atoms with Crippen molar-refractivity contribution < 1.29 is 14.7 Å². The highest BCUT2D eigenvalue weighted by molar-refractivity contribution is 5.95. The summed E-state index contributed by atoms with van der Waals surface area (Å²) in [5.41, 5.74) is -1.65. The number of carbonyl (C=O) groups excluding carboxylic acids is 1. The molecule has 1 rings (SSSR count). The number of hydrogen-bond acceptors (Lipinski definition) is 4. The zero-order valence-corrected chi connectivity index (χ0v) is 11.5. The number of amides is 1. The summed E-state index contributed by atoms with van der Waals surface area (Å²) in [4.78, 5) is 49.6. The number of nitrogens with one attached hydrogen (secondary N) is 1. The first kappa shape index (κ1) is 15.7. The van der Waals surface area contributed by atoms with E-state index >= 15 is 0 Å². The predicted molar refractivity (Wildman–Crippen MR) is 70.7 cm³/mol. The quantitative estimate of drug-likeness (QED) is 0.749. The Bertz CT molecular complexity index is 631. The molecular formula is C12H17N3O5. The molecule has 8 nitrogen and oxygen atoms in total. The number of rotatable bonds is 5. The second kappa shape index (κ2) is 6.18. The first-order valence-electron chi connectivity index (χ1n) is 6.11. The van der Waals surface area contributed by atoms with Gasteiger partial charge in [-0.15, -0.1) is 0 Å². The summed E-state index contributed by atoms with van der Waals surface area (Å²) in [6, 6.07) is -0.338. The fourth-order valence-corrected chi connectivity index (χ4v) is 1.67. The first-order valence-corrected chi connectivity index (χ1v) is 6.11. The molecule has 0 radical (unpaired) electrons. The summed E-state index contributed by atoms with van der Waals surface area (Å²) in [6.45, 7) is 2.99. The Balaban J connectivity index is 3.26. The summed E-state index contributed by atoms with van der Waals surface area (Å²) in [5.74, 6) is -1.88. The maximum atomic E-state index is 12.3. The SMILES string of the molecule is CCC(C)N(CC(=O)O)C(=O)c1c[nH]c(=O)n(C)c1=O. The van der Waals surface area contributed by atoms with Gasteiger partial charge < -0.3 is 15.0 Å². The third-order valence-electron chi connectivity index (χ3n) is 3.10. The monoisotopic (exact) mass is 283 g/mol. The normalized spacial score (nSPS) is 11.9. The van der Waals surface area contributed by atoms with Gasteiger partial charge in [0.05, 0.1) is 0 Å². The van der Waals surface area contributed by atoms with Crippen molar-refractivity contribution in [1.82, 2.24) is 14.5 Å². The molecule has 110 valence electrons. The van der Waals surface area contributed by atoms with Crippen LogP contribution in [0.2, 0.25) is 0 Å². The number of aliphatic carboxylic acids is 1. The largest absolute Gasteiger partial charge is 0.480 e. The highest BCUT2D eigenvalue weighted by atomic mass is 16.4. The van der Waals surface area contributed by atoms with Crippen LogP contribution in [-0.2, 0) is 11.8 Å². The molecule has 1 aromatic rings. The fourth-order valence-electron chi connectivity index (χ4n) is 1.67. The number of carboxylic acids is 1. The molecule has 1 amide bonds. The molecule has 0 aliphatic carbocycles. The van der Waals surface area contributed by atoms with Gasteiger partial charge in [-0.3, -0.25) is 19.0 Å². The topological polar surface area (TPSA) is 112 Å². The Kier molecular flexibility index (Phi) is 4.84. The van der Waals surface area contributed by atoms with E-state index in [-0.39, 0.29) is 11.6 Å². The number of aromatic amines is 1. The van der Waals surface area contributed by atoms with Crippen molar-refractivity contribution in [3.8, 4) is 0 Å². The lowest BCUT2D eigenvalue weighted by Gasteiger charge is -2.26. The molecule has 0 fully saturated rings. The fraction of sp³-hybridized carbons (Fsp3) is 0.500. The predicted octanol–water partition coefficient (Wildman–Crippen LogP) is -0.601. The molecule has 1 heterocycles. The molecule has 1 aromatic heterocycles. The molecule has 0 saturated heterocycles. The second-order valence-corrected chi connectivity index (χ2v) is 4.46. The maximum absolute atomic E-state index is 12.3. The van der Waals surface area contributed by atoms with E-state index < -0.39 is 29.7 Å². The van der Waals surface area contributed by atoms with Crippen LogP contribution in [0.1, 0.15) is 30.6 Å². The molecule has 20 heavy (non-hydrogen) atoms. The summed E-state index contributed by atoms with van der Waals surface area (Å²) < 4.78 is 0.767. The third-order valence-corrected chi connectivity index (χ3v) is 3.10. The average Bonchev–Trinajstić information content (AvgIpc) is 2.40. The summed E-state index contributed by atoms with van der Waals surface area (Å²) >= 11 is 0. The van der Waals surface area contributed by atoms with Gasteiger partial charge in [-0.2, -0.15) is 0 Å². The summed E-state index contributed by atoms with van der Waals surface area (Å²) in [6.07, 6.45) is 1.56. The molecule has 0 aromatic carbocycles. The van der Waals surface area contributed by atoms with Gasteiger partial charge in [-0.1, -0.05) is 6.92 Å². The van der Waals surface area contributed by atoms with Crippen LogP contribution in [0.25, 0.3) is 0 Å². The van der Waals surface area contributed by atoms with Crippen molar-refractivity contribution in [2.24, 2.45) is 7.05 Å². The minimum Gasteiger partial charge on any atom is -0.480 e. The van der Waals surface area contributed by atoms with E-state index in [0.29, 0.717) is 6.42 Å². The van der Waals surface area contributed by atoms with E-state index in [2.05, 4.69) is 4.98 Å². The Morgan fingerprint density at radius 1 is 1.45 bits per heavy atom. The Morgan fingerprint density at radius 2 is 2.05 bits per heavy atom. The Hall–Kier alpha value is -2.38. The van der Waals surface area contributed by atoms with Crippen molar-refractivity contribution in [3.63, 3.8) is 0 Å². The van der Waals surface area contributed by atoms with Crippen LogP contribution in [0, 0.1) is 0 Å². The molecule has 8 heteroatoms. The van der Waals surface area contributed by atoms with Gasteiger partial charge in [0.2, 0.25) is 0 Å². The average molecular weight is 283 g/mol. The van der Waals surface area contributed by atoms with E-state index in [1.807, 2.05) is 0 Å². The van der Waals surface area contributed by atoms with Crippen molar-refractivity contribution in [2.75, 3.05) is 6.54 Å². The van der Waals surface area contributed by atoms with E-state index in [9.17, 15) is 19.2 Å². The first-order chi connectivity index (χ1) is 9.29. The van der Waals surface area contributed by atoms with Gasteiger partial charge in [0.15, 0.2) is 0 Å². The van der Waals surface area contributed by atoms with Crippen LogP contribution in [-0.4, -0.2) is 44.0 Å². The lowest BCUT2D eigenvalue weighted by atomic mass is 10.2.